The quantitative estimate of drug-likeness (QED) is 0.293. The molecule has 2 aromatic heterocycles. The highest BCUT2D eigenvalue weighted by Crippen LogP contribution is 2.37. The normalized spacial score (nSPS) is 11.6. The number of hydrogen-bond acceptors (Lipinski definition) is 7. The molecule has 0 spiro atoms. The Hall–Kier alpha value is -3.28. The molecule has 2 heterocycles. The third kappa shape index (κ3) is 5.13. The van der Waals surface area contributed by atoms with Gasteiger partial charge in [0.25, 0.3) is 5.91 Å². The van der Waals surface area contributed by atoms with E-state index in [4.69, 9.17) is 26.5 Å². The molecule has 7 nitrogen and oxygen atoms in total. The van der Waals surface area contributed by atoms with Crippen molar-refractivity contribution in [1.82, 2.24) is 15.3 Å². The van der Waals surface area contributed by atoms with Crippen LogP contribution in [0.4, 0.5) is 13.2 Å². The van der Waals surface area contributed by atoms with Gasteiger partial charge < -0.3 is 20.2 Å². The number of methoxy groups -OCH3 is 1. The first-order valence-electron chi connectivity index (χ1n) is 10.5. The second-order valence-electron chi connectivity index (χ2n) is 7.54. The molecule has 3 N–H and O–H groups in total. The fourth-order valence-electron chi connectivity index (χ4n) is 3.61. The minimum Gasteiger partial charge on any atom is -0.494 e. The lowest BCUT2D eigenvalue weighted by molar-refractivity contribution is -0.140. The molecule has 4 rings (SSSR count). The lowest BCUT2D eigenvalue weighted by atomic mass is 10.1. The standard InChI is InChI=1S/C24H20ClF3N4O3S/c1-34-16-7-5-15(14-6-8-19(24(26,27)28)31-20(14)16)23-32-21(17(10-29)35-23)22(33)30-11-12-3-4-13(25)9-18(12)36-2/h3-9H,10-11,29H2,1-2H3,(H,30,33). The molecular formula is C24H20ClF3N4O3S. The maximum Gasteiger partial charge on any atom is 0.433 e. The third-order valence-electron chi connectivity index (χ3n) is 5.35. The minimum absolute atomic E-state index is 0.0176. The first kappa shape index (κ1) is 25.8. The number of carbonyl (C=O) groups excluding carboxylic acids is 1. The van der Waals surface area contributed by atoms with Gasteiger partial charge in [-0.25, -0.2) is 9.97 Å². The lowest BCUT2D eigenvalue weighted by Gasteiger charge is -2.11. The van der Waals surface area contributed by atoms with Crippen molar-refractivity contribution in [1.29, 1.82) is 0 Å². The molecule has 0 aliphatic carbocycles. The number of nitrogens with zero attached hydrogens (tertiary/aromatic N) is 2. The molecule has 0 aliphatic rings. The molecule has 0 unspecified atom stereocenters. The summed E-state index contributed by atoms with van der Waals surface area (Å²) in [5.74, 6) is -0.211. The Morgan fingerprint density at radius 2 is 1.97 bits per heavy atom. The number of amides is 1. The summed E-state index contributed by atoms with van der Waals surface area (Å²) in [4.78, 5) is 21.9. The van der Waals surface area contributed by atoms with E-state index >= 15 is 0 Å². The van der Waals surface area contributed by atoms with Crippen LogP contribution in [-0.2, 0) is 19.3 Å². The molecule has 0 bridgehead atoms. The van der Waals surface area contributed by atoms with E-state index in [1.54, 1.807) is 18.2 Å². The fourth-order valence-corrected chi connectivity index (χ4v) is 4.49. The highest BCUT2D eigenvalue weighted by atomic mass is 35.5. The van der Waals surface area contributed by atoms with Gasteiger partial charge in [0.05, 0.1) is 13.7 Å². The number of carbonyl (C=O) groups is 1. The van der Waals surface area contributed by atoms with Crippen LogP contribution in [0, 0.1) is 0 Å². The highest BCUT2D eigenvalue weighted by molar-refractivity contribution is 7.98. The van der Waals surface area contributed by atoms with E-state index in [9.17, 15) is 18.0 Å². The Morgan fingerprint density at radius 3 is 2.64 bits per heavy atom. The average Bonchev–Trinajstić information content (AvgIpc) is 3.30. The van der Waals surface area contributed by atoms with Crippen LogP contribution in [0.15, 0.2) is 51.8 Å². The number of ether oxygens (including phenoxy) is 1. The zero-order valence-electron chi connectivity index (χ0n) is 19.1. The maximum absolute atomic E-state index is 13.2. The molecule has 12 heteroatoms. The minimum atomic E-state index is -4.63. The number of benzene rings is 2. The van der Waals surface area contributed by atoms with Crippen molar-refractivity contribution in [3.63, 3.8) is 0 Å². The van der Waals surface area contributed by atoms with Gasteiger partial charge in [-0.15, -0.1) is 11.8 Å². The summed E-state index contributed by atoms with van der Waals surface area (Å²) < 4.78 is 50.6. The van der Waals surface area contributed by atoms with Crippen molar-refractivity contribution in [2.75, 3.05) is 13.4 Å². The van der Waals surface area contributed by atoms with Crippen molar-refractivity contribution in [3.05, 3.63) is 70.2 Å². The average molecular weight is 537 g/mol. The second-order valence-corrected chi connectivity index (χ2v) is 8.82. The van der Waals surface area contributed by atoms with Crippen molar-refractivity contribution in [2.24, 2.45) is 5.73 Å². The van der Waals surface area contributed by atoms with E-state index in [-0.39, 0.29) is 41.7 Å². The molecular weight excluding hydrogens is 517 g/mol. The Bertz CT molecular complexity index is 1440. The number of halogens is 4. The molecule has 0 fully saturated rings. The smallest absolute Gasteiger partial charge is 0.433 e. The van der Waals surface area contributed by atoms with Gasteiger partial charge in [0.15, 0.2) is 11.5 Å². The summed E-state index contributed by atoms with van der Waals surface area (Å²) in [6.07, 6.45) is -2.73. The van der Waals surface area contributed by atoms with Crippen molar-refractivity contribution in [3.8, 4) is 17.2 Å². The third-order valence-corrected chi connectivity index (χ3v) is 6.40. The largest absolute Gasteiger partial charge is 0.494 e. The molecule has 4 aromatic rings. The second kappa shape index (κ2) is 10.4. The van der Waals surface area contributed by atoms with Crippen LogP contribution in [0.2, 0.25) is 5.02 Å². The number of fused-ring (bicyclic) bond motifs is 1. The number of oxazole rings is 1. The molecule has 2 aromatic carbocycles. The van der Waals surface area contributed by atoms with Gasteiger partial charge in [0.2, 0.25) is 5.89 Å². The van der Waals surface area contributed by atoms with Crippen LogP contribution < -0.4 is 15.8 Å². The molecule has 0 atom stereocenters. The predicted molar refractivity (Wildman–Crippen MR) is 131 cm³/mol. The van der Waals surface area contributed by atoms with Crippen molar-refractivity contribution < 1.29 is 27.1 Å². The molecule has 36 heavy (non-hydrogen) atoms. The zero-order valence-corrected chi connectivity index (χ0v) is 20.6. The fraction of sp³-hybridized carbons (Fsp3) is 0.208. The number of rotatable bonds is 7. The Labute approximate surface area is 213 Å². The summed E-state index contributed by atoms with van der Waals surface area (Å²) in [6.45, 7) is 0.102. The van der Waals surface area contributed by atoms with E-state index in [1.165, 1.54) is 31.0 Å². The first-order valence-corrected chi connectivity index (χ1v) is 12.1. The highest BCUT2D eigenvalue weighted by Gasteiger charge is 2.33. The Kier molecular flexibility index (Phi) is 7.43. The molecule has 1 amide bonds. The number of alkyl halides is 3. The Balaban J connectivity index is 1.69. The molecule has 0 saturated carbocycles. The molecule has 0 radical (unpaired) electrons. The molecule has 188 valence electrons. The SMILES string of the molecule is COc1ccc(-c2nc(C(=O)NCc3ccc(Cl)cc3SC)c(CN)o2)c2ccc(C(F)(F)F)nc12. The van der Waals surface area contributed by atoms with Gasteiger partial charge in [-0.2, -0.15) is 13.2 Å². The summed E-state index contributed by atoms with van der Waals surface area (Å²) >= 11 is 7.54. The maximum atomic E-state index is 13.2. The van der Waals surface area contributed by atoms with Crippen LogP contribution in [0.25, 0.3) is 22.4 Å². The van der Waals surface area contributed by atoms with Gasteiger partial charge >= 0.3 is 6.18 Å². The number of nitrogens with one attached hydrogen (secondary N) is 1. The number of hydrogen-bond donors (Lipinski definition) is 2. The number of nitrogens with two attached hydrogens (primary N) is 1. The Morgan fingerprint density at radius 1 is 1.19 bits per heavy atom. The van der Waals surface area contributed by atoms with Crippen LogP contribution in [-0.4, -0.2) is 29.2 Å². The van der Waals surface area contributed by atoms with Crippen LogP contribution in [0.5, 0.6) is 5.75 Å². The van der Waals surface area contributed by atoms with E-state index in [0.29, 0.717) is 16.0 Å². The summed E-state index contributed by atoms with van der Waals surface area (Å²) in [6, 6.07) is 10.5. The topological polar surface area (TPSA) is 103 Å². The van der Waals surface area contributed by atoms with Gasteiger partial charge in [-0.05, 0) is 48.2 Å². The van der Waals surface area contributed by atoms with Gasteiger partial charge in [-0.1, -0.05) is 17.7 Å². The molecule has 0 saturated heterocycles. The van der Waals surface area contributed by atoms with Crippen molar-refractivity contribution >= 4 is 40.2 Å². The number of pyridine rings is 1. The number of thioether (sulfide) groups is 1. The zero-order chi connectivity index (χ0) is 26.0. The van der Waals surface area contributed by atoms with Gasteiger partial charge in [-0.3, -0.25) is 4.79 Å². The summed E-state index contributed by atoms with van der Waals surface area (Å²) in [5.41, 5.74) is 5.89. The first-order chi connectivity index (χ1) is 17.2. The van der Waals surface area contributed by atoms with E-state index < -0.39 is 17.8 Å². The lowest BCUT2D eigenvalue weighted by Crippen LogP contribution is -2.25. The van der Waals surface area contributed by atoms with Gasteiger partial charge in [0.1, 0.15) is 17.0 Å². The van der Waals surface area contributed by atoms with Crippen molar-refractivity contribution in [2.45, 2.75) is 24.2 Å². The van der Waals surface area contributed by atoms with Gasteiger partial charge in [0, 0.05) is 27.4 Å². The van der Waals surface area contributed by atoms with E-state index in [0.717, 1.165) is 16.5 Å². The van der Waals surface area contributed by atoms with Crippen LogP contribution in [0.3, 0.4) is 0 Å². The van der Waals surface area contributed by atoms with E-state index in [1.807, 2.05) is 12.3 Å². The van der Waals surface area contributed by atoms with Crippen LogP contribution >= 0.6 is 23.4 Å². The summed E-state index contributed by atoms with van der Waals surface area (Å²) in [5, 5.41) is 3.70. The van der Waals surface area contributed by atoms with Crippen LogP contribution in [0.1, 0.15) is 27.5 Å². The van der Waals surface area contributed by atoms with E-state index in [2.05, 4.69) is 15.3 Å². The monoisotopic (exact) mass is 536 g/mol. The predicted octanol–water partition coefficient (Wildman–Crippen LogP) is 5.68. The summed E-state index contributed by atoms with van der Waals surface area (Å²) in [7, 11) is 1.33. The number of aromatic nitrogens is 2. The molecule has 0 aliphatic heterocycles.